The molecule has 4 aromatic rings. The minimum atomic E-state index is -0.0443. The van der Waals surface area contributed by atoms with Gasteiger partial charge >= 0.3 is 0 Å². The second-order valence-corrected chi connectivity index (χ2v) is 15.8. The van der Waals surface area contributed by atoms with Crippen LogP contribution in [0.3, 0.4) is 0 Å². The summed E-state index contributed by atoms with van der Waals surface area (Å²) >= 11 is 29.1. The fourth-order valence-electron chi connectivity index (χ4n) is 4.52. The fraction of sp³-hybridized carbons (Fsp3) is 0. The van der Waals surface area contributed by atoms with Crippen molar-refractivity contribution in [1.82, 2.24) is 0 Å². The number of carbonyl (C=O) groups is 1. The molecule has 5 rings (SSSR count). The van der Waals surface area contributed by atoms with Gasteiger partial charge in [-0.1, -0.05) is 127 Å². The SMILES string of the molecule is O=C1C(c2cc(Br)cc(Br)c2)=C(c2cc(Br)cc(Br)c2)C(c2cc(Br)cc(Br)c2)=C1c1cc(Br)cc(Br)c1. The van der Waals surface area contributed by atoms with E-state index in [1.165, 1.54) is 0 Å². The number of benzene rings is 4. The molecule has 0 unspecified atom stereocenters. The van der Waals surface area contributed by atoms with Gasteiger partial charge in [-0.3, -0.25) is 4.79 Å². The Kier molecular flexibility index (Phi) is 9.27. The highest BCUT2D eigenvalue weighted by Crippen LogP contribution is 2.52. The molecule has 1 aliphatic carbocycles. The van der Waals surface area contributed by atoms with Gasteiger partial charge in [-0.25, -0.2) is 0 Å². The smallest absolute Gasteiger partial charge is 0.195 e. The molecule has 0 atom stereocenters. The van der Waals surface area contributed by atoms with Crippen molar-refractivity contribution in [3.63, 3.8) is 0 Å². The zero-order valence-electron chi connectivity index (χ0n) is 18.9. The lowest BCUT2D eigenvalue weighted by Crippen LogP contribution is -2.02. The predicted octanol–water partition coefficient (Wildman–Crippen LogP) is 12.9. The Morgan fingerprint density at radius 3 is 0.684 bits per heavy atom. The van der Waals surface area contributed by atoms with Gasteiger partial charge in [0.1, 0.15) is 0 Å². The van der Waals surface area contributed by atoms with Crippen LogP contribution in [0.4, 0.5) is 0 Å². The van der Waals surface area contributed by atoms with E-state index in [2.05, 4.69) is 127 Å². The molecule has 0 radical (unpaired) electrons. The highest BCUT2D eigenvalue weighted by Gasteiger charge is 2.36. The Balaban J connectivity index is 1.96. The van der Waals surface area contributed by atoms with E-state index in [4.69, 9.17) is 0 Å². The van der Waals surface area contributed by atoms with Gasteiger partial charge in [0.2, 0.25) is 0 Å². The predicted molar refractivity (Wildman–Crippen MR) is 186 cm³/mol. The van der Waals surface area contributed by atoms with Gasteiger partial charge < -0.3 is 0 Å². The second kappa shape index (κ2) is 12.0. The maximum atomic E-state index is 14.6. The standard InChI is InChI=1S/C29H12Br8O/c30-17-1-13(2-18(31)9-17)25-26(14-3-19(32)10-20(33)4-14)28(16-7-23(36)12-24(37)8-16)29(38)27(25)15-5-21(34)11-22(35)6-15/h1-12H. The highest BCUT2D eigenvalue weighted by atomic mass is 79.9. The van der Waals surface area contributed by atoms with Crippen LogP contribution in [0.1, 0.15) is 22.3 Å². The minimum Gasteiger partial charge on any atom is -0.289 e. The molecular weight excluding hydrogens is 1000 g/mol. The molecule has 0 amide bonds. The monoisotopic (exact) mass is 1010 g/mol. The lowest BCUT2D eigenvalue weighted by atomic mass is 9.89. The summed E-state index contributed by atoms with van der Waals surface area (Å²) in [7, 11) is 0. The molecule has 1 aliphatic rings. The molecule has 0 saturated carbocycles. The van der Waals surface area contributed by atoms with Gasteiger partial charge in [-0.05, 0) is 95.1 Å². The van der Waals surface area contributed by atoms with E-state index >= 15 is 0 Å². The van der Waals surface area contributed by atoms with E-state index in [1.807, 2.05) is 72.8 Å². The van der Waals surface area contributed by atoms with Crippen LogP contribution in [-0.4, -0.2) is 5.78 Å². The number of allylic oxidation sites excluding steroid dienone is 4. The van der Waals surface area contributed by atoms with Crippen LogP contribution in [0.5, 0.6) is 0 Å². The van der Waals surface area contributed by atoms with E-state index in [9.17, 15) is 4.79 Å². The third-order valence-corrected chi connectivity index (χ3v) is 9.47. The Bertz CT molecular complexity index is 1510. The van der Waals surface area contributed by atoms with Crippen LogP contribution in [0, 0.1) is 0 Å². The minimum absolute atomic E-state index is 0.0443. The van der Waals surface area contributed by atoms with Crippen LogP contribution >= 0.6 is 127 Å². The molecule has 0 aromatic heterocycles. The number of ketones is 1. The number of hydrogen-bond donors (Lipinski definition) is 0. The topological polar surface area (TPSA) is 17.1 Å². The quantitative estimate of drug-likeness (QED) is 0.199. The Morgan fingerprint density at radius 2 is 0.474 bits per heavy atom. The summed E-state index contributed by atoms with van der Waals surface area (Å²) in [6.45, 7) is 0. The number of carbonyl (C=O) groups excluding carboxylic acids is 1. The van der Waals surface area contributed by atoms with Crippen LogP contribution in [0.2, 0.25) is 0 Å². The largest absolute Gasteiger partial charge is 0.289 e. The van der Waals surface area contributed by atoms with Crippen molar-refractivity contribution in [2.75, 3.05) is 0 Å². The van der Waals surface area contributed by atoms with E-state index in [0.29, 0.717) is 11.1 Å². The summed E-state index contributed by atoms with van der Waals surface area (Å²) in [6.07, 6.45) is 0. The van der Waals surface area contributed by atoms with Crippen molar-refractivity contribution in [3.8, 4) is 0 Å². The average Bonchev–Trinajstić information content (AvgIpc) is 3.09. The molecule has 190 valence electrons. The highest BCUT2D eigenvalue weighted by molar-refractivity contribution is 9.12. The first kappa shape index (κ1) is 29.4. The van der Waals surface area contributed by atoms with Crippen LogP contribution in [0.25, 0.3) is 22.3 Å². The molecule has 0 N–H and O–H groups in total. The van der Waals surface area contributed by atoms with Gasteiger partial charge in [-0.15, -0.1) is 0 Å². The zero-order valence-corrected chi connectivity index (χ0v) is 31.5. The zero-order chi connectivity index (χ0) is 27.3. The van der Waals surface area contributed by atoms with Crippen molar-refractivity contribution in [1.29, 1.82) is 0 Å². The molecule has 0 bridgehead atoms. The van der Waals surface area contributed by atoms with Gasteiger partial charge in [-0.2, -0.15) is 0 Å². The number of hydrogen-bond acceptors (Lipinski definition) is 1. The molecule has 1 nitrogen and oxygen atoms in total. The summed E-state index contributed by atoms with van der Waals surface area (Å²) in [5, 5.41) is 0. The van der Waals surface area contributed by atoms with Gasteiger partial charge in [0.15, 0.2) is 5.78 Å². The molecule has 0 saturated heterocycles. The lowest BCUT2D eigenvalue weighted by Gasteiger charge is -2.15. The van der Waals surface area contributed by atoms with Crippen LogP contribution in [-0.2, 0) is 4.79 Å². The number of Topliss-reactive ketones (excluding diaryl/α,β-unsaturated/α-hetero) is 1. The molecule has 0 spiro atoms. The molecule has 9 heteroatoms. The van der Waals surface area contributed by atoms with Crippen LogP contribution in [0.15, 0.2) is 109 Å². The van der Waals surface area contributed by atoms with Gasteiger partial charge in [0.25, 0.3) is 0 Å². The summed E-state index contributed by atoms with van der Waals surface area (Å²) in [5.41, 5.74) is 6.46. The maximum absolute atomic E-state index is 14.6. The third-order valence-electron chi connectivity index (χ3n) is 5.81. The van der Waals surface area contributed by atoms with E-state index in [-0.39, 0.29) is 5.78 Å². The first-order valence-corrected chi connectivity index (χ1v) is 17.2. The summed E-state index contributed by atoms with van der Waals surface area (Å²) in [4.78, 5) is 14.6. The normalized spacial score (nSPS) is 13.6. The van der Waals surface area contributed by atoms with Crippen molar-refractivity contribution in [2.24, 2.45) is 0 Å². The Labute approximate surface area is 287 Å². The van der Waals surface area contributed by atoms with E-state index in [1.54, 1.807) is 0 Å². The first-order chi connectivity index (χ1) is 18.0. The fourth-order valence-corrected chi connectivity index (χ4v) is 9.70. The Morgan fingerprint density at radius 1 is 0.289 bits per heavy atom. The van der Waals surface area contributed by atoms with E-state index < -0.39 is 0 Å². The second-order valence-electron chi connectivity index (χ2n) is 8.46. The van der Waals surface area contributed by atoms with Gasteiger partial charge in [0, 0.05) is 58.1 Å². The van der Waals surface area contributed by atoms with Crippen molar-refractivity contribution in [3.05, 3.63) is 131 Å². The van der Waals surface area contributed by atoms with E-state index in [0.717, 1.165) is 69.2 Å². The van der Waals surface area contributed by atoms with Crippen LogP contribution < -0.4 is 0 Å². The summed E-state index contributed by atoms with van der Waals surface area (Å²) < 4.78 is 7.14. The molecular formula is C29H12Br8O. The molecule has 38 heavy (non-hydrogen) atoms. The van der Waals surface area contributed by atoms with Crippen molar-refractivity contribution < 1.29 is 4.79 Å². The maximum Gasteiger partial charge on any atom is 0.195 e. The number of halogens is 8. The van der Waals surface area contributed by atoms with Crippen molar-refractivity contribution >= 4 is 156 Å². The third kappa shape index (κ3) is 6.20. The van der Waals surface area contributed by atoms with Crippen molar-refractivity contribution in [2.45, 2.75) is 0 Å². The molecule has 4 aromatic carbocycles. The number of rotatable bonds is 4. The summed E-state index contributed by atoms with van der Waals surface area (Å²) in [5.74, 6) is -0.0443. The molecule has 0 heterocycles. The molecule has 0 aliphatic heterocycles. The Hall–Kier alpha value is -0.130. The summed E-state index contributed by atoms with van der Waals surface area (Å²) in [6, 6.07) is 24.0. The average molecular weight is 1020 g/mol. The first-order valence-electron chi connectivity index (χ1n) is 10.9. The molecule has 0 fully saturated rings. The van der Waals surface area contributed by atoms with Gasteiger partial charge in [0.05, 0.1) is 0 Å². The lowest BCUT2D eigenvalue weighted by molar-refractivity contribution is -0.108.